The van der Waals surface area contributed by atoms with Crippen molar-refractivity contribution in [3.05, 3.63) is 29.8 Å². The minimum Gasteiger partial charge on any atom is -0.444 e. The van der Waals surface area contributed by atoms with Gasteiger partial charge >= 0.3 is 6.09 Å². The number of benzene rings is 1. The van der Waals surface area contributed by atoms with Gasteiger partial charge in [0.2, 0.25) is 10.0 Å². The van der Waals surface area contributed by atoms with Crippen LogP contribution in [0, 0.1) is 0 Å². The molecule has 0 bridgehead atoms. The molecule has 2 rings (SSSR count). The minimum atomic E-state index is -3.56. The highest BCUT2D eigenvalue weighted by Crippen LogP contribution is 2.19. The molecule has 29 heavy (non-hydrogen) atoms. The number of carbonyl (C=O) groups excluding carboxylic acids is 1. The highest BCUT2D eigenvalue weighted by molar-refractivity contribution is 7.89. The van der Waals surface area contributed by atoms with Gasteiger partial charge in [-0.1, -0.05) is 18.2 Å². The van der Waals surface area contributed by atoms with Gasteiger partial charge in [0, 0.05) is 40.3 Å². The summed E-state index contributed by atoms with van der Waals surface area (Å²) in [5, 5.41) is 0. The summed E-state index contributed by atoms with van der Waals surface area (Å²) in [5.41, 5.74) is 6.17. The summed E-state index contributed by atoms with van der Waals surface area (Å²) in [5.74, 6) is 0.325. The van der Waals surface area contributed by atoms with Gasteiger partial charge in [-0.3, -0.25) is 0 Å². The van der Waals surface area contributed by atoms with E-state index in [9.17, 15) is 13.2 Å². The standard InChI is InChI=1S/C19H31N5O4S/c1-19(2,3)28-18(25)24-12-10-23(11-13-24)17(20)21-14-15-8-6-7-9-16(15)29(26,27)22(4)5/h6-9H,10-14H2,1-5H3,(H2,20,21). The lowest BCUT2D eigenvalue weighted by molar-refractivity contribution is 0.0186. The molecule has 0 unspecified atom stereocenters. The zero-order valence-corrected chi connectivity index (χ0v) is 18.6. The quantitative estimate of drug-likeness (QED) is 0.575. The maximum absolute atomic E-state index is 12.5. The topological polar surface area (TPSA) is 109 Å². The van der Waals surface area contributed by atoms with Gasteiger partial charge in [0.25, 0.3) is 0 Å². The molecule has 1 heterocycles. The zero-order valence-electron chi connectivity index (χ0n) is 17.8. The van der Waals surface area contributed by atoms with Crippen LogP contribution >= 0.6 is 0 Å². The molecule has 1 aromatic rings. The second-order valence-electron chi connectivity index (χ2n) is 8.02. The Morgan fingerprint density at radius 2 is 1.69 bits per heavy atom. The van der Waals surface area contributed by atoms with Crippen molar-refractivity contribution in [3.8, 4) is 0 Å². The fraction of sp³-hybridized carbons (Fsp3) is 0.579. The third-order valence-electron chi connectivity index (χ3n) is 4.40. The van der Waals surface area contributed by atoms with E-state index in [4.69, 9.17) is 10.5 Å². The minimum absolute atomic E-state index is 0.154. The number of nitrogens with zero attached hydrogens (tertiary/aromatic N) is 4. The highest BCUT2D eigenvalue weighted by atomic mass is 32.2. The van der Waals surface area contributed by atoms with Gasteiger partial charge in [-0.2, -0.15) is 0 Å². The molecule has 1 aromatic carbocycles. The van der Waals surface area contributed by atoms with E-state index in [2.05, 4.69) is 4.99 Å². The SMILES string of the molecule is CN(C)S(=O)(=O)c1ccccc1CN=C(N)N1CCN(C(=O)OC(C)(C)C)CC1. The van der Waals surface area contributed by atoms with Gasteiger partial charge in [-0.15, -0.1) is 0 Å². The molecular formula is C19H31N5O4S. The summed E-state index contributed by atoms with van der Waals surface area (Å²) in [7, 11) is -0.573. The first-order valence-electron chi connectivity index (χ1n) is 9.45. The van der Waals surface area contributed by atoms with E-state index in [-0.39, 0.29) is 17.5 Å². The highest BCUT2D eigenvalue weighted by Gasteiger charge is 2.26. The van der Waals surface area contributed by atoms with Crippen LogP contribution < -0.4 is 5.73 Å². The Balaban J connectivity index is 2.02. The van der Waals surface area contributed by atoms with Crippen molar-refractivity contribution < 1.29 is 17.9 Å². The van der Waals surface area contributed by atoms with Gasteiger partial charge in [0.15, 0.2) is 5.96 Å². The van der Waals surface area contributed by atoms with Crippen molar-refractivity contribution in [1.82, 2.24) is 14.1 Å². The van der Waals surface area contributed by atoms with Gasteiger partial charge in [-0.25, -0.2) is 22.5 Å². The Morgan fingerprint density at radius 1 is 1.14 bits per heavy atom. The van der Waals surface area contributed by atoms with Crippen LogP contribution in [-0.4, -0.2) is 80.5 Å². The lowest BCUT2D eigenvalue weighted by Crippen LogP contribution is -2.53. The maximum atomic E-state index is 12.5. The number of piperazine rings is 1. The predicted octanol–water partition coefficient (Wildman–Crippen LogP) is 1.30. The second-order valence-corrected chi connectivity index (χ2v) is 10.1. The van der Waals surface area contributed by atoms with E-state index in [1.54, 1.807) is 29.2 Å². The lowest BCUT2D eigenvalue weighted by Gasteiger charge is -2.36. The Morgan fingerprint density at radius 3 is 2.24 bits per heavy atom. The Bertz CT molecular complexity index is 854. The van der Waals surface area contributed by atoms with E-state index in [1.165, 1.54) is 18.4 Å². The van der Waals surface area contributed by atoms with Crippen LogP contribution in [0.25, 0.3) is 0 Å². The summed E-state index contributed by atoms with van der Waals surface area (Å²) in [6, 6.07) is 6.75. The van der Waals surface area contributed by atoms with Crippen LogP contribution in [0.5, 0.6) is 0 Å². The van der Waals surface area contributed by atoms with E-state index >= 15 is 0 Å². The fourth-order valence-corrected chi connectivity index (χ4v) is 3.90. The summed E-state index contributed by atoms with van der Waals surface area (Å²) < 4.78 is 31.5. The first-order valence-corrected chi connectivity index (χ1v) is 10.9. The van der Waals surface area contributed by atoms with Crippen molar-refractivity contribution in [1.29, 1.82) is 0 Å². The lowest BCUT2D eigenvalue weighted by atomic mass is 10.2. The monoisotopic (exact) mass is 425 g/mol. The normalized spacial score (nSPS) is 16.3. The van der Waals surface area contributed by atoms with Crippen molar-refractivity contribution in [2.24, 2.45) is 10.7 Å². The van der Waals surface area contributed by atoms with Crippen LogP contribution in [-0.2, 0) is 21.3 Å². The van der Waals surface area contributed by atoms with Gasteiger partial charge in [0.05, 0.1) is 11.4 Å². The fourth-order valence-electron chi connectivity index (χ4n) is 2.79. The zero-order chi connectivity index (χ0) is 21.8. The van der Waals surface area contributed by atoms with E-state index in [1.807, 2.05) is 25.7 Å². The van der Waals surface area contributed by atoms with Crippen molar-refractivity contribution in [2.75, 3.05) is 40.3 Å². The van der Waals surface area contributed by atoms with Crippen LogP contribution in [0.3, 0.4) is 0 Å². The summed E-state index contributed by atoms with van der Waals surface area (Å²) >= 11 is 0. The molecule has 2 N–H and O–H groups in total. The van der Waals surface area contributed by atoms with Gasteiger partial charge in [0.1, 0.15) is 5.60 Å². The third kappa shape index (κ3) is 6.07. The molecule has 1 aliphatic heterocycles. The number of nitrogens with two attached hydrogens (primary N) is 1. The molecule has 0 aliphatic carbocycles. The van der Waals surface area contributed by atoms with E-state index < -0.39 is 15.6 Å². The molecule has 1 fully saturated rings. The number of hydrogen-bond donors (Lipinski definition) is 1. The largest absolute Gasteiger partial charge is 0.444 e. The van der Waals surface area contributed by atoms with Gasteiger partial charge < -0.3 is 20.3 Å². The van der Waals surface area contributed by atoms with E-state index in [0.29, 0.717) is 37.7 Å². The molecule has 0 atom stereocenters. The number of hydrogen-bond acceptors (Lipinski definition) is 5. The average molecular weight is 426 g/mol. The predicted molar refractivity (Wildman–Crippen MR) is 112 cm³/mol. The smallest absolute Gasteiger partial charge is 0.410 e. The molecule has 0 aromatic heterocycles. The molecule has 9 nitrogen and oxygen atoms in total. The molecule has 10 heteroatoms. The Labute approximate surface area is 173 Å². The number of aliphatic imine (C=N–C) groups is 1. The van der Waals surface area contributed by atoms with Crippen LogP contribution in [0.15, 0.2) is 34.2 Å². The number of sulfonamides is 1. The molecule has 0 radical (unpaired) electrons. The Kier molecular flexibility index (Phi) is 7.12. The number of ether oxygens (including phenoxy) is 1. The molecular weight excluding hydrogens is 394 g/mol. The van der Waals surface area contributed by atoms with Crippen LogP contribution in [0.4, 0.5) is 4.79 Å². The molecule has 162 valence electrons. The molecule has 1 saturated heterocycles. The average Bonchev–Trinajstić information content (AvgIpc) is 2.65. The number of guanidine groups is 1. The van der Waals surface area contributed by atoms with Crippen molar-refractivity contribution >= 4 is 22.1 Å². The van der Waals surface area contributed by atoms with Crippen LogP contribution in [0.2, 0.25) is 0 Å². The molecule has 1 amide bonds. The van der Waals surface area contributed by atoms with Gasteiger partial charge in [-0.05, 0) is 32.4 Å². The van der Waals surface area contributed by atoms with Crippen molar-refractivity contribution in [2.45, 2.75) is 37.8 Å². The molecule has 1 aliphatic rings. The van der Waals surface area contributed by atoms with Crippen LogP contribution in [0.1, 0.15) is 26.3 Å². The number of rotatable bonds is 4. The van der Waals surface area contributed by atoms with E-state index in [0.717, 1.165) is 0 Å². The van der Waals surface area contributed by atoms with Crippen molar-refractivity contribution in [3.63, 3.8) is 0 Å². The summed E-state index contributed by atoms with van der Waals surface area (Å²) in [6.45, 7) is 7.69. The molecule has 0 spiro atoms. The summed E-state index contributed by atoms with van der Waals surface area (Å²) in [4.78, 5) is 20.3. The first kappa shape index (κ1) is 23.0. The summed E-state index contributed by atoms with van der Waals surface area (Å²) in [6.07, 6.45) is -0.338. The molecule has 0 saturated carbocycles. The first-order chi connectivity index (χ1) is 13.4. The second kappa shape index (κ2) is 9.00. The third-order valence-corrected chi connectivity index (χ3v) is 6.31. The maximum Gasteiger partial charge on any atom is 0.410 e. The number of carbonyl (C=O) groups is 1. The number of amides is 1. The Hall–Kier alpha value is -2.33.